The summed E-state index contributed by atoms with van der Waals surface area (Å²) in [5, 5.41) is 0. The van der Waals surface area contributed by atoms with Crippen molar-refractivity contribution in [3.63, 3.8) is 0 Å². The number of nitrogens with two attached hydrogens (primary N) is 1. The van der Waals surface area contributed by atoms with Crippen molar-refractivity contribution in [3.8, 4) is 0 Å². The summed E-state index contributed by atoms with van der Waals surface area (Å²) in [6.07, 6.45) is 4.10. The van der Waals surface area contributed by atoms with Crippen molar-refractivity contribution in [1.82, 2.24) is 4.90 Å². The summed E-state index contributed by atoms with van der Waals surface area (Å²) in [5.74, 6) is 0.356. The fourth-order valence-electron chi connectivity index (χ4n) is 2.92. The van der Waals surface area contributed by atoms with Crippen LogP contribution in [0.4, 0.5) is 0 Å². The first kappa shape index (κ1) is 11.9. The van der Waals surface area contributed by atoms with E-state index in [2.05, 4.69) is 6.92 Å². The molecule has 0 bridgehead atoms. The Bertz CT molecular complexity index is 233. The second kappa shape index (κ2) is 5.15. The van der Waals surface area contributed by atoms with Gasteiger partial charge in [-0.05, 0) is 25.7 Å². The van der Waals surface area contributed by atoms with E-state index in [1.165, 1.54) is 0 Å². The molecular weight excluding hydrogens is 204 g/mol. The van der Waals surface area contributed by atoms with Crippen molar-refractivity contribution in [2.24, 2.45) is 11.7 Å². The van der Waals surface area contributed by atoms with Gasteiger partial charge in [0.1, 0.15) is 0 Å². The summed E-state index contributed by atoms with van der Waals surface area (Å²) >= 11 is 0. The first-order valence-corrected chi connectivity index (χ1v) is 6.40. The Labute approximate surface area is 97.1 Å². The molecule has 0 aromatic carbocycles. The number of hydrogen-bond acceptors (Lipinski definition) is 3. The van der Waals surface area contributed by atoms with Gasteiger partial charge in [-0.25, -0.2) is 0 Å². The van der Waals surface area contributed by atoms with Crippen LogP contribution in [0.1, 0.15) is 32.6 Å². The van der Waals surface area contributed by atoms with Gasteiger partial charge in [0.05, 0.1) is 12.0 Å². The smallest absolute Gasteiger partial charge is 0.228 e. The Kier molecular flexibility index (Phi) is 3.82. The number of carbonyl (C=O) groups excluding carboxylic acids is 1. The van der Waals surface area contributed by atoms with Gasteiger partial charge in [-0.3, -0.25) is 4.79 Å². The van der Waals surface area contributed by atoms with Crippen molar-refractivity contribution >= 4 is 5.91 Å². The molecule has 4 nitrogen and oxygen atoms in total. The molecule has 0 spiro atoms. The molecule has 0 aliphatic carbocycles. The minimum atomic E-state index is 0.0807. The maximum Gasteiger partial charge on any atom is 0.228 e. The summed E-state index contributed by atoms with van der Waals surface area (Å²) in [6, 6.07) is 0.269. The summed E-state index contributed by atoms with van der Waals surface area (Å²) in [6.45, 7) is 4.29. The molecule has 0 radical (unpaired) electrons. The van der Waals surface area contributed by atoms with Crippen LogP contribution in [0.15, 0.2) is 0 Å². The van der Waals surface area contributed by atoms with Gasteiger partial charge < -0.3 is 15.4 Å². The van der Waals surface area contributed by atoms with Gasteiger partial charge in [-0.2, -0.15) is 0 Å². The molecule has 2 saturated heterocycles. The van der Waals surface area contributed by atoms with Crippen molar-refractivity contribution < 1.29 is 9.53 Å². The van der Waals surface area contributed by atoms with E-state index in [-0.39, 0.29) is 24.0 Å². The van der Waals surface area contributed by atoms with Gasteiger partial charge >= 0.3 is 0 Å². The van der Waals surface area contributed by atoms with E-state index in [0.29, 0.717) is 6.54 Å². The molecule has 3 atom stereocenters. The summed E-state index contributed by atoms with van der Waals surface area (Å²) < 4.78 is 5.59. The quantitative estimate of drug-likeness (QED) is 0.772. The maximum atomic E-state index is 12.4. The fourth-order valence-corrected chi connectivity index (χ4v) is 2.92. The Morgan fingerprint density at radius 3 is 3.00 bits per heavy atom. The maximum absolute atomic E-state index is 12.4. The van der Waals surface area contributed by atoms with E-state index in [9.17, 15) is 4.79 Å². The normalized spacial score (nSPS) is 34.6. The van der Waals surface area contributed by atoms with Crippen LogP contribution < -0.4 is 5.73 Å². The molecule has 0 aromatic heterocycles. The first-order valence-electron chi connectivity index (χ1n) is 6.40. The Balaban J connectivity index is 2.00. The van der Waals surface area contributed by atoms with Gasteiger partial charge in [0.25, 0.3) is 0 Å². The molecule has 2 fully saturated rings. The fraction of sp³-hybridized carbons (Fsp3) is 0.917. The SMILES string of the molecule is CCC1OCCC1C(=O)N1CCCC1CN. The van der Waals surface area contributed by atoms with Gasteiger partial charge in [-0.1, -0.05) is 6.92 Å². The lowest BCUT2D eigenvalue weighted by Crippen LogP contribution is -2.44. The van der Waals surface area contributed by atoms with Crippen molar-refractivity contribution in [3.05, 3.63) is 0 Å². The Hall–Kier alpha value is -0.610. The van der Waals surface area contributed by atoms with E-state index in [4.69, 9.17) is 10.5 Å². The number of rotatable bonds is 3. The minimum Gasteiger partial charge on any atom is -0.377 e. The molecule has 3 unspecified atom stereocenters. The number of nitrogens with zero attached hydrogens (tertiary/aromatic N) is 1. The summed E-state index contributed by atoms with van der Waals surface area (Å²) in [4.78, 5) is 14.4. The Morgan fingerprint density at radius 1 is 1.50 bits per heavy atom. The molecule has 2 aliphatic heterocycles. The number of likely N-dealkylation sites (tertiary alicyclic amines) is 1. The van der Waals surface area contributed by atoms with Gasteiger partial charge in [0.2, 0.25) is 5.91 Å². The van der Waals surface area contributed by atoms with E-state index in [0.717, 1.165) is 38.8 Å². The second-order valence-electron chi connectivity index (χ2n) is 4.78. The highest BCUT2D eigenvalue weighted by molar-refractivity contribution is 5.80. The molecule has 4 heteroatoms. The number of ether oxygens (including phenoxy) is 1. The van der Waals surface area contributed by atoms with Gasteiger partial charge in [0, 0.05) is 25.7 Å². The molecular formula is C12H22N2O2. The molecule has 0 aromatic rings. The molecule has 1 amide bonds. The highest BCUT2D eigenvalue weighted by Crippen LogP contribution is 2.28. The van der Waals surface area contributed by atoms with Crippen LogP contribution in [0.5, 0.6) is 0 Å². The predicted molar refractivity (Wildman–Crippen MR) is 61.9 cm³/mol. The van der Waals surface area contributed by atoms with Crippen LogP contribution >= 0.6 is 0 Å². The van der Waals surface area contributed by atoms with E-state index in [1.807, 2.05) is 4.90 Å². The molecule has 2 rings (SSSR count). The van der Waals surface area contributed by atoms with Gasteiger partial charge in [0.15, 0.2) is 0 Å². The lowest BCUT2D eigenvalue weighted by molar-refractivity contribution is -0.138. The Morgan fingerprint density at radius 2 is 2.31 bits per heavy atom. The summed E-state index contributed by atoms with van der Waals surface area (Å²) in [5.41, 5.74) is 5.70. The molecule has 0 saturated carbocycles. The van der Waals surface area contributed by atoms with E-state index >= 15 is 0 Å². The summed E-state index contributed by atoms with van der Waals surface area (Å²) in [7, 11) is 0. The monoisotopic (exact) mass is 226 g/mol. The van der Waals surface area contributed by atoms with Crippen molar-refractivity contribution in [2.45, 2.75) is 44.8 Å². The molecule has 2 N–H and O–H groups in total. The van der Waals surface area contributed by atoms with Crippen LogP contribution in [-0.4, -0.2) is 42.6 Å². The second-order valence-corrected chi connectivity index (χ2v) is 4.78. The van der Waals surface area contributed by atoms with Crippen LogP contribution in [0.3, 0.4) is 0 Å². The minimum absolute atomic E-state index is 0.0807. The highest BCUT2D eigenvalue weighted by atomic mass is 16.5. The molecule has 92 valence electrons. The zero-order valence-corrected chi connectivity index (χ0v) is 10.0. The van der Waals surface area contributed by atoms with E-state index in [1.54, 1.807) is 0 Å². The zero-order chi connectivity index (χ0) is 11.5. The third-order valence-corrected chi connectivity index (χ3v) is 3.86. The molecule has 16 heavy (non-hydrogen) atoms. The topological polar surface area (TPSA) is 55.6 Å². The number of hydrogen-bond donors (Lipinski definition) is 1. The lowest BCUT2D eigenvalue weighted by Gasteiger charge is -2.28. The lowest BCUT2D eigenvalue weighted by atomic mass is 9.97. The first-order chi connectivity index (χ1) is 7.77. The highest BCUT2D eigenvalue weighted by Gasteiger charge is 2.38. The molecule has 2 heterocycles. The van der Waals surface area contributed by atoms with Gasteiger partial charge in [-0.15, -0.1) is 0 Å². The van der Waals surface area contributed by atoms with Crippen LogP contribution in [-0.2, 0) is 9.53 Å². The zero-order valence-electron chi connectivity index (χ0n) is 10.0. The van der Waals surface area contributed by atoms with Crippen LogP contribution in [0, 0.1) is 5.92 Å². The largest absolute Gasteiger partial charge is 0.377 e. The number of amides is 1. The van der Waals surface area contributed by atoms with E-state index < -0.39 is 0 Å². The van der Waals surface area contributed by atoms with Crippen LogP contribution in [0.25, 0.3) is 0 Å². The third kappa shape index (κ3) is 2.09. The average Bonchev–Trinajstić information content (AvgIpc) is 2.96. The third-order valence-electron chi connectivity index (χ3n) is 3.86. The van der Waals surface area contributed by atoms with Crippen molar-refractivity contribution in [2.75, 3.05) is 19.7 Å². The standard InChI is InChI=1S/C12H22N2O2/c1-2-11-10(5-7-16-11)12(15)14-6-3-4-9(14)8-13/h9-11H,2-8,13H2,1H3. The number of carbonyl (C=O) groups is 1. The predicted octanol–water partition coefficient (Wildman–Crippen LogP) is 0.751. The van der Waals surface area contributed by atoms with Crippen molar-refractivity contribution in [1.29, 1.82) is 0 Å². The molecule has 2 aliphatic rings. The average molecular weight is 226 g/mol. The van der Waals surface area contributed by atoms with Crippen LogP contribution in [0.2, 0.25) is 0 Å².